The molecule has 0 unspecified atom stereocenters. The van der Waals surface area contributed by atoms with Gasteiger partial charge in [0.25, 0.3) is 0 Å². The van der Waals surface area contributed by atoms with Crippen LogP contribution in [0, 0.1) is 0 Å². The summed E-state index contributed by atoms with van der Waals surface area (Å²) in [5.41, 5.74) is 2.24. The topological polar surface area (TPSA) is 74.7 Å². The first-order valence-electron chi connectivity index (χ1n) is 6.70. The second-order valence-corrected chi connectivity index (χ2v) is 7.48. The van der Waals surface area contributed by atoms with Crippen LogP contribution in [0.2, 0.25) is 0 Å². The average molecular weight is 297 g/mol. The number of nitrogens with zero attached hydrogens (tertiary/aromatic N) is 1. The number of sulfone groups is 1. The third kappa shape index (κ3) is 3.37. The fourth-order valence-corrected chi connectivity index (χ4v) is 3.30. The third-order valence-corrected chi connectivity index (χ3v) is 5.42. The van der Waals surface area contributed by atoms with Crippen molar-refractivity contribution in [3.63, 3.8) is 0 Å². The van der Waals surface area contributed by atoms with Crippen LogP contribution in [-0.2, 0) is 22.8 Å². The Kier molecular flexibility index (Phi) is 4.45. The lowest BCUT2D eigenvalue weighted by atomic mass is 9.94. The van der Waals surface area contributed by atoms with Gasteiger partial charge in [-0.15, -0.1) is 0 Å². The molecule has 2 rings (SSSR count). The van der Waals surface area contributed by atoms with Crippen molar-refractivity contribution in [3.8, 4) is 0 Å². The van der Waals surface area contributed by atoms with E-state index in [-0.39, 0.29) is 11.5 Å². The highest BCUT2D eigenvalue weighted by Gasteiger charge is 2.22. The minimum atomic E-state index is -2.95. The van der Waals surface area contributed by atoms with Gasteiger partial charge < -0.3 is 5.11 Å². The van der Waals surface area contributed by atoms with Crippen LogP contribution in [0.25, 0.3) is 0 Å². The molecule has 1 heterocycles. The van der Waals surface area contributed by atoms with Crippen LogP contribution >= 0.6 is 0 Å². The van der Waals surface area contributed by atoms with E-state index in [1.807, 2.05) is 6.07 Å². The first kappa shape index (κ1) is 15.0. The first-order valence-corrected chi connectivity index (χ1v) is 8.52. The lowest BCUT2D eigenvalue weighted by Crippen LogP contribution is -2.35. The molecule has 0 bridgehead atoms. The number of fused-ring (bicyclic) bond motifs is 1. The molecular weight excluding hydrogens is 278 g/mol. The molecule has 1 aromatic carbocycles. The van der Waals surface area contributed by atoms with Crippen LogP contribution in [0.3, 0.4) is 0 Å². The van der Waals surface area contributed by atoms with Crippen molar-refractivity contribution < 1.29 is 18.3 Å². The zero-order valence-corrected chi connectivity index (χ0v) is 12.3. The lowest BCUT2D eigenvalue weighted by molar-refractivity contribution is 0.0694. The van der Waals surface area contributed by atoms with Crippen LogP contribution in [0.15, 0.2) is 18.2 Å². The van der Waals surface area contributed by atoms with Crippen molar-refractivity contribution in [2.24, 2.45) is 0 Å². The van der Waals surface area contributed by atoms with Crippen LogP contribution < -0.4 is 0 Å². The summed E-state index contributed by atoms with van der Waals surface area (Å²) in [7, 11) is -2.95. The Morgan fingerprint density at radius 1 is 1.40 bits per heavy atom. The van der Waals surface area contributed by atoms with Crippen molar-refractivity contribution in [2.45, 2.75) is 19.9 Å². The SMILES string of the molecule is CCS(=O)(=O)CCN1CCc2c(cccc2C(=O)O)C1. The van der Waals surface area contributed by atoms with Gasteiger partial charge in [-0.2, -0.15) is 0 Å². The molecule has 0 spiro atoms. The maximum atomic E-state index is 11.5. The molecule has 0 saturated carbocycles. The first-order chi connectivity index (χ1) is 9.43. The van der Waals surface area contributed by atoms with Gasteiger partial charge >= 0.3 is 5.97 Å². The molecule has 5 nitrogen and oxygen atoms in total. The number of carbonyl (C=O) groups is 1. The minimum Gasteiger partial charge on any atom is -0.478 e. The van der Waals surface area contributed by atoms with Crippen molar-refractivity contribution in [2.75, 3.05) is 24.6 Å². The fraction of sp³-hybridized carbons (Fsp3) is 0.500. The van der Waals surface area contributed by atoms with Crippen LogP contribution in [0.4, 0.5) is 0 Å². The molecule has 0 aliphatic carbocycles. The minimum absolute atomic E-state index is 0.164. The molecule has 110 valence electrons. The summed E-state index contributed by atoms with van der Waals surface area (Å²) in [5, 5.41) is 9.16. The summed E-state index contributed by atoms with van der Waals surface area (Å²) in [4.78, 5) is 13.2. The zero-order valence-electron chi connectivity index (χ0n) is 11.5. The van der Waals surface area contributed by atoms with Crippen molar-refractivity contribution in [1.82, 2.24) is 4.90 Å². The normalized spacial score (nSPS) is 15.8. The van der Waals surface area contributed by atoms with Gasteiger partial charge in [0.15, 0.2) is 9.84 Å². The maximum Gasteiger partial charge on any atom is 0.335 e. The Labute approximate surface area is 119 Å². The molecule has 0 aromatic heterocycles. The summed E-state index contributed by atoms with van der Waals surface area (Å²) >= 11 is 0. The van der Waals surface area contributed by atoms with Gasteiger partial charge in [-0.25, -0.2) is 13.2 Å². The van der Waals surface area contributed by atoms with E-state index in [1.165, 1.54) is 0 Å². The molecule has 0 saturated heterocycles. The average Bonchev–Trinajstić information content (AvgIpc) is 2.44. The highest BCUT2D eigenvalue weighted by atomic mass is 32.2. The van der Waals surface area contributed by atoms with E-state index < -0.39 is 15.8 Å². The summed E-state index contributed by atoms with van der Waals surface area (Å²) in [6, 6.07) is 5.29. The molecule has 1 aromatic rings. The number of carboxylic acids is 1. The Morgan fingerprint density at radius 2 is 2.15 bits per heavy atom. The van der Waals surface area contributed by atoms with E-state index in [9.17, 15) is 13.2 Å². The van der Waals surface area contributed by atoms with Crippen molar-refractivity contribution in [3.05, 3.63) is 34.9 Å². The van der Waals surface area contributed by atoms with E-state index >= 15 is 0 Å². The number of hydrogen-bond acceptors (Lipinski definition) is 4. The van der Waals surface area contributed by atoms with Gasteiger partial charge in [-0.3, -0.25) is 4.90 Å². The fourth-order valence-electron chi connectivity index (χ4n) is 2.47. The molecule has 1 aliphatic heterocycles. The van der Waals surface area contributed by atoms with E-state index in [2.05, 4.69) is 4.90 Å². The third-order valence-electron chi connectivity index (χ3n) is 3.73. The Balaban J connectivity index is 2.09. The second kappa shape index (κ2) is 5.93. The molecule has 0 atom stereocenters. The predicted molar refractivity (Wildman–Crippen MR) is 76.7 cm³/mol. The monoisotopic (exact) mass is 297 g/mol. The molecule has 20 heavy (non-hydrogen) atoms. The lowest BCUT2D eigenvalue weighted by Gasteiger charge is -2.29. The zero-order chi connectivity index (χ0) is 14.8. The van der Waals surface area contributed by atoms with E-state index in [1.54, 1.807) is 19.1 Å². The largest absolute Gasteiger partial charge is 0.478 e. The van der Waals surface area contributed by atoms with Gasteiger partial charge in [0, 0.05) is 25.4 Å². The van der Waals surface area contributed by atoms with E-state index in [4.69, 9.17) is 5.11 Å². The Morgan fingerprint density at radius 3 is 2.80 bits per heavy atom. The molecule has 0 radical (unpaired) electrons. The highest BCUT2D eigenvalue weighted by molar-refractivity contribution is 7.91. The number of aromatic carboxylic acids is 1. The van der Waals surface area contributed by atoms with Crippen molar-refractivity contribution in [1.29, 1.82) is 0 Å². The Hall–Kier alpha value is -1.40. The summed E-state index contributed by atoms with van der Waals surface area (Å²) in [6.07, 6.45) is 0.657. The number of benzene rings is 1. The van der Waals surface area contributed by atoms with E-state index in [0.29, 0.717) is 31.6 Å². The van der Waals surface area contributed by atoms with Gasteiger partial charge in [0.2, 0.25) is 0 Å². The predicted octanol–water partition coefficient (Wildman–Crippen LogP) is 1.18. The van der Waals surface area contributed by atoms with E-state index in [0.717, 1.165) is 11.1 Å². The summed E-state index contributed by atoms with van der Waals surface area (Å²) in [5.74, 6) is -0.568. The maximum absolute atomic E-state index is 11.5. The highest BCUT2D eigenvalue weighted by Crippen LogP contribution is 2.22. The van der Waals surface area contributed by atoms with Crippen LogP contribution in [0.5, 0.6) is 0 Å². The quantitative estimate of drug-likeness (QED) is 0.883. The molecule has 6 heteroatoms. The smallest absolute Gasteiger partial charge is 0.335 e. The molecule has 0 fully saturated rings. The number of carboxylic acid groups (broad SMARTS) is 1. The number of hydrogen-bond donors (Lipinski definition) is 1. The Bertz CT molecular complexity index is 610. The molecule has 1 aliphatic rings. The van der Waals surface area contributed by atoms with Gasteiger partial charge in [-0.1, -0.05) is 19.1 Å². The molecule has 0 amide bonds. The second-order valence-electron chi connectivity index (χ2n) is 5.01. The van der Waals surface area contributed by atoms with Crippen LogP contribution in [-0.4, -0.2) is 49.0 Å². The molecule has 1 N–H and O–H groups in total. The van der Waals surface area contributed by atoms with Gasteiger partial charge in [0.05, 0.1) is 11.3 Å². The number of rotatable bonds is 5. The van der Waals surface area contributed by atoms with Gasteiger partial charge in [-0.05, 0) is 23.6 Å². The van der Waals surface area contributed by atoms with Gasteiger partial charge in [0.1, 0.15) is 0 Å². The molecular formula is C14H19NO4S. The van der Waals surface area contributed by atoms with Crippen molar-refractivity contribution >= 4 is 15.8 Å². The standard InChI is InChI=1S/C14H19NO4S/c1-2-20(18,19)9-8-15-7-6-12-11(10-15)4-3-5-13(12)14(16)17/h3-5H,2,6-10H2,1H3,(H,16,17). The van der Waals surface area contributed by atoms with Crippen LogP contribution in [0.1, 0.15) is 28.4 Å². The summed E-state index contributed by atoms with van der Waals surface area (Å²) < 4.78 is 23.1. The summed E-state index contributed by atoms with van der Waals surface area (Å²) in [6.45, 7) is 3.49.